The summed E-state index contributed by atoms with van der Waals surface area (Å²) in [6.45, 7) is 8.44. The lowest BCUT2D eigenvalue weighted by Gasteiger charge is -2.27. The highest BCUT2D eigenvalue weighted by Gasteiger charge is 2.28. The zero-order valence-corrected chi connectivity index (χ0v) is 14.1. The molecule has 1 aromatic carbocycles. The summed E-state index contributed by atoms with van der Waals surface area (Å²) in [4.78, 5) is 5.37. The van der Waals surface area contributed by atoms with Crippen LogP contribution >= 0.6 is 0 Å². The first kappa shape index (κ1) is 15.8. The molecule has 1 heterocycles. The largest absolute Gasteiger partial charge is 0.497 e. The highest BCUT2D eigenvalue weighted by atomic mass is 16.5. The van der Waals surface area contributed by atoms with Crippen molar-refractivity contribution in [3.8, 4) is 5.75 Å². The van der Waals surface area contributed by atoms with Crippen molar-refractivity contribution in [2.24, 2.45) is 5.92 Å². The minimum Gasteiger partial charge on any atom is -0.497 e. The number of methoxy groups -OCH3 is 1. The fourth-order valence-electron chi connectivity index (χ4n) is 4.01. The lowest BCUT2D eigenvalue weighted by Crippen LogP contribution is -2.37. The van der Waals surface area contributed by atoms with Crippen LogP contribution in [0.15, 0.2) is 24.3 Å². The Hall–Kier alpha value is -1.06. The average Bonchev–Trinajstić information content (AvgIpc) is 2.83. The molecule has 2 aliphatic rings. The van der Waals surface area contributed by atoms with Crippen LogP contribution in [0.25, 0.3) is 0 Å². The summed E-state index contributed by atoms with van der Waals surface area (Å²) in [6, 6.07) is 9.38. The molecule has 0 amide bonds. The van der Waals surface area contributed by atoms with E-state index in [4.69, 9.17) is 4.74 Å². The smallest absolute Gasteiger partial charge is 0.118 e. The molecule has 0 aromatic heterocycles. The maximum absolute atomic E-state index is 5.24. The molecule has 1 aromatic rings. The zero-order valence-electron chi connectivity index (χ0n) is 14.1. The van der Waals surface area contributed by atoms with Crippen LogP contribution in [0, 0.1) is 5.92 Å². The van der Waals surface area contributed by atoms with Crippen molar-refractivity contribution in [3.63, 3.8) is 0 Å². The Morgan fingerprint density at radius 2 is 1.86 bits per heavy atom. The molecule has 0 unspecified atom stereocenters. The van der Waals surface area contributed by atoms with Crippen molar-refractivity contribution in [2.45, 2.75) is 45.2 Å². The number of rotatable bonds is 4. The Labute approximate surface area is 135 Å². The van der Waals surface area contributed by atoms with Crippen molar-refractivity contribution in [2.75, 3.05) is 33.3 Å². The number of hydrogen-bond acceptors (Lipinski definition) is 3. The molecule has 0 N–H and O–H groups in total. The third kappa shape index (κ3) is 4.02. The van der Waals surface area contributed by atoms with Gasteiger partial charge in [0, 0.05) is 25.7 Å². The van der Waals surface area contributed by atoms with Gasteiger partial charge in [0.15, 0.2) is 0 Å². The molecule has 0 bridgehead atoms. The van der Waals surface area contributed by atoms with E-state index >= 15 is 0 Å². The summed E-state index contributed by atoms with van der Waals surface area (Å²) in [5, 5.41) is 0. The number of ether oxygens (including phenoxy) is 1. The highest BCUT2D eigenvalue weighted by molar-refractivity contribution is 5.27. The van der Waals surface area contributed by atoms with Gasteiger partial charge in [0.2, 0.25) is 0 Å². The van der Waals surface area contributed by atoms with Crippen LogP contribution in [0.2, 0.25) is 0 Å². The second-order valence-electron chi connectivity index (χ2n) is 7.09. The van der Waals surface area contributed by atoms with E-state index in [-0.39, 0.29) is 0 Å². The molecule has 1 saturated heterocycles. The molecular formula is C19H30N2O. The number of hydrogen-bond donors (Lipinski definition) is 0. The molecular weight excluding hydrogens is 272 g/mol. The van der Waals surface area contributed by atoms with Gasteiger partial charge in [-0.3, -0.25) is 9.80 Å². The molecule has 3 rings (SSSR count). The summed E-state index contributed by atoms with van der Waals surface area (Å²) in [6.07, 6.45) is 5.57. The van der Waals surface area contributed by atoms with Crippen molar-refractivity contribution in [1.82, 2.24) is 9.80 Å². The third-order valence-corrected chi connectivity index (χ3v) is 5.37. The molecule has 2 fully saturated rings. The second kappa shape index (κ2) is 7.47. The predicted octanol–water partition coefficient (Wildman–Crippen LogP) is 3.39. The van der Waals surface area contributed by atoms with Crippen LogP contribution < -0.4 is 4.74 Å². The fraction of sp³-hybridized carbons (Fsp3) is 0.684. The minimum atomic E-state index is 0.857. The molecule has 2 atom stereocenters. The van der Waals surface area contributed by atoms with Gasteiger partial charge in [0.25, 0.3) is 0 Å². The Morgan fingerprint density at radius 3 is 2.55 bits per heavy atom. The Balaban J connectivity index is 1.51. The molecule has 1 saturated carbocycles. The van der Waals surface area contributed by atoms with Gasteiger partial charge < -0.3 is 4.74 Å². The topological polar surface area (TPSA) is 15.7 Å². The van der Waals surface area contributed by atoms with Gasteiger partial charge in [-0.2, -0.15) is 0 Å². The molecule has 3 heteroatoms. The molecule has 22 heavy (non-hydrogen) atoms. The highest BCUT2D eigenvalue weighted by Crippen LogP contribution is 2.29. The van der Waals surface area contributed by atoms with Gasteiger partial charge in [-0.05, 0) is 62.4 Å². The average molecular weight is 302 g/mol. The van der Waals surface area contributed by atoms with Crippen LogP contribution in [0.3, 0.4) is 0 Å². The van der Waals surface area contributed by atoms with Crippen LogP contribution in [0.4, 0.5) is 0 Å². The maximum atomic E-state index is 5.24. The number of nitrogens with zero attached hydrogens (tertiary/aromatic N) is 2. The van der Waals surface area contributed by atoms with Crippen LogP contribution in [0.5, 0.6) is 5.75 Å². The van der Waals surface area contributed by atoms with Crippen LogP contribution in [-0.4, -0.2) is 49.1 Å². The first-order chi connectivity index (χ1) is 10.7. The predicted molar refractivity (Wildman–Crippen MR) is 91.3 cm³/mol. The standard InChI is InChI=1S/C19H30N2O/c1-16-4-7-18(14-16)21-11-3-10-20(12-13-21)15-17-5-8-19(22-2)9-6-17/h5-6,8-9,16,18H,3-4,7,10-15H2,1-2H3/t16-,18+/m0/s1. The molecule has 122 valence electrons. The van der Waals surface area contributed by atoms with E-state index < -0.39 is 0 Å². The Bertz CT molecular complexity index is 459. The van der Waals surface area contributed by atoms with E-state index in [0.717, 1.165) is 24.3 Å². The van der Waals surface area contributed by atoms with Crippen molar-refractivity contribution < 1.29 is 4.74 Å². The summed E-state index contributed by atoms with van der Waals surface area (Å²) >= 11 is 0. The quantitative estimate of drug-likeness (QED) is 0.848. The summed E-state index contributed by atoms with van der Waals surface area (Å²) in [5.41, 5.74) is 1.39. The molecule has 1 aliphatic carbocycles. The third-order valence-electron chi connectivity index (χ3n) is 5.37. The van der Waals surface area contributed by atoms with Gasteiger partial charge in [-0.25, -0.2) is 0 Å². The van der Waals surface area contributed by atoms with Crippen LogP contribution in [0.1, 0.15) is 38.2 Å². The van der Waals surface area contributed by atoms with Gasteiger partial charge in [0.05, 0.1) is 7.11 Å². The first-order valence-corrected chi connectivity index (χ1v) is 8.84. The van der Waals surface area contributed by atoms with E-state index in [0.29, 0.717) is 0 Å². The van der Waals surface area contributed by atoms with Crippen molar-refractivity contribution >= 4 is 0 Å². The SMILES string of the molecule is COc1ccc(CN2CCCN([C@@H]3CC[C@H](C)C3)CC2)cc1. The lowest BCUT2D eigenvalue weighted by molar-refractivity contribution is 0.195. The first-order valence-electron chi connectivity index (χ1n) is 8.84. The zero-order chi connectivity index (χ0) is 15.4. The molecule has 0 spiro atoms. The monoisotopic (exact) mass is 302 g/mol. The van der Waals surface area contributed by atoms with Crippen molar-refractivity contribution in [1.29, 1.82) is 0 Å². The van der Waals surface area contributed by atoms with E-state index in [1.807, 2.05) is 0 Å². The van der Waals surface area contributed by atoms with Gasteiger partial charge in [0.1, 0.15) is 5.75 Å². The normalized spacial score (nSPS) is 27.7. The van der Waals surface area contributed by atoms with Gasteiger partial charge >= 0.3 is 0 Å². The van der Waals surface area contributed by atoms with E-state index in [9.17, 15) is 0 Å². The minimum absolute atomic E-state index is 0.857. The van der Waals surface area contributed by atoms with Crippen molar-refractivity contribution in [3.05, 3.63) is 29.8 Å². The molecule has 3 nitrogen and oxygen atoms in total. The summed E-state index contributed by atoms with van der Waals surface area (Å²) in [7, 11) is 1.72. The lowest BCUT2D eigenvalue weighted by atomic mass is 10.1. The van der Waals surface area contributed by atoms with E-state index in [2.05, 4.69) is 41.0 Å². The Kier molecular flexibility index (Phi) is 5.37. The fourth-order valence-corrected chi connectivity index (χ4v) is 4.01. The van der Waals surface area contributed by atoms with Gasteiger partial charge in [-0.15, -0.1) is 0 Å². The van der Waals surface area contributed by atoms with E-state index in [1.54, 1.807) is 7.11 Å². The number of benzene rings is 1. The molecule has 0 radical (unpaired) electrons. The maximum Gasteiger partial charge on any atom is 0.118 e. The summed E-state index contributed by atoms with van der Waals surface area (Å²) in [5.74, 6) is 1.88. The van der Waals surface area contributed by atoms with Gasteiger partial charge in [-0.1, -0.05) is 19.1 Å². The Morgan fingerprint density at radius 1 is 1.05 bits per heavy atom. The second-order valence-corrected chi connectivity index (χ2v) is 7.09. The van der Waals surface area contributed by atoms with Crippen LogP contribution in [-0.2, 0) is 6.54 Å². The molecule has 1 aliphatic heterocycles. The summed E-state index contributed by atoms with van der Waals surface area (Å²) < 4.78 is 5.24. The van der Waals surface area contributed by atoms with E-state index in [1.165, 1.54) is 57.4 Å².